The number of hydrogen-bond donors (Lipinski definition) is 2. The molecule has 21 heavy (non-hydrogen) atoms. The average molecular weight is 340 g/mol. The molecule has 0 saturated heterocycles. The van der Waals surface area contributed by atoms with Gasteiger partial charge in [-0.2, -0.15) is 0 Å². The molecule has 0 radical (unpaired) electrons. The fraction of sp³-hybridized carbons (Fsp3) is 0.667. The van der Waals surface area contributed by atoms with Gasteiger partial charge in [-0.25, -0.2) is 0 Å². The Labute approximate surface area is 142 Å². The van der Waals surface area contributed by atoms with Gasteiger partial charge in [-0.05, 0) is 26.3 Å². The van der Waals surface area contributed by atoms with Gasteiger partial charge in [-0.3, -0.25) is 4.79 Å². The summed E-state index contributed by atoms with van der Waals surface area (Å²) >= 11 is 0. The molecule has 4 nitrogen and oxygen atoms in total. The van der Waals surface area contributed by atoms with E-state index in [4.69, 9.17) is 0 Å². The number of hydrogen-bond acceptors (Lipinski definition) is 1. The van der Waals surface area contributed by atoms with Crippen LogP contribution in [0.1, 0.15) is 40.5 Å². The lowest BCUT2D eigenvalue weighted by atomic mass is 10.2. The van der Waals surface area contributed by atoms with Gasteiger partial charge in [-0.15, -0.1) is 0 Å². The molecule has 0 spiro atoms. The minimum absolute atomic E-state index is 0. The van der Waals surface area contributed by atoms with Crippen LogP contribution in [-0.4, -0.2) is 37.2 Å². The van der Waals surface area contributed by atoms with E-state index in [1.807, 2.05) is 19.9 Å². The summed E-state index contributed by atoms with van der Waals surface area (Å²) in [5.41, 5.74) is 5.97. The molecule has 0 aromatic heterocycles. The molecule has 0 aliphatic carbocycles. The van der Waals surface area contributed by atoms with Gasteiger partial charge >= 0.3 is 0 Å². The molecule has 0 saturated carbocycles. The third-order valence-electron chi connectivity index (χ3n) is 3.42. The molecule has 1 unspecified atom stereocenters. The summed E-state index contributed by atoms with van der Waals surface area (Å²) < 4.78 is 0.717. The highest BCUT2D eigenvalue weighted by Gasteiger charge is 2.29. The Bertz CT molecular complexity index is 366. The lowest BCUT2D eigenvalue weighted by Gasteiger charge is -2.37. The molecular formula is C15H31Cl2N3O. The first-order valence-corrected chi connectivity index (χ1v) is 7.05. The summed E-state index contributed by atoms with van der Waals surface area (Å²) in [7, 11) is 4.27. The summed E-state index contributed by atoms with van der Waals surface area (Å²) in [6.07, 6.45) is 5.98. The normalized spacial score (nSPS) is 13.9. The van der Waals surface area contributed by atoms with Crippen molar-refractivity contribution in [2.45, 2.75) is 46.7 Å². The quantitative estimate of drug-likeness (QED) is 0.274. The van der Waals surface area contributed by atoms with Gasteiger partial charge in [0.2, 0.25) is 0 Å². The maximum atomic E-state index is 12.0. The van der Waals surface area contributed by atoms with E-state index >= 15 is 0 Å². The van der Waals surface area contributed by atoms with Gasteiger partial charge in [0, 0.05) is 12.0 Å². The molecule has 0 bridgehead atoms. The van der Waals surface area contributed by atoms with Gasteiger partial charge < -0.3 is 40.3 Å². The number of halogens is 2. The zero-order valence-electron chi connectivity index (χ0n) is 14.2. The molecule has 126 valence electrons. The molecule has 0 aromatic carbocycles. The van der Waals surface area contributed by atoms with E-state index in [0.717, 1.165) is 30.7 Å². The highest BCUT2D eigenvalue weighted by atomic mass is 35.5. The van der Waals surface area contributed by atoms with Gasteiger partial charge in [0.1, 0.15) is 0 Å². The third-order valence-corrected chi connectivity index (χ3v) is 3.42. The molecule has 0 heterocycles. The van der Waals surface area contributed by atoms with Crippen molar-refractivity contribution < 1.29 is 39.8 Å². The number of carbonyl (C=O) groups is 1. The Kier molecular flexibility index (Phi) is 14.6. The Morgan fingerprint density at radius 3 is 2.19 bits per heavy atom. The predicted octanol–water partition coefficient (Wildman–Crippen LogP) is -4.57. The Morgan fingerprint density at radius 2 is 1.81 bits per heavy atom. The van der Waals surface area contributed by atoms with Crippen LogP contribution < -0.4 is 35.9 Å². The van der Waals surface area contributed by atoms with Gasteiger partial charge in [0.15, 0.2) is 18.4 Å². The number of amides is 1. The van der Waals surface area contributed by atoms with Crippen LogP contribution in [0.15, 0.2) is 23.4 Å². The highest BCUT2D eigenvalue weighted by molar-refractivity contribution is 5.92. The number of nitrogens with zero attached hydrogens (tertiary/aromatic N) is 1. The van der Waals surface area contributed by atoms with E-state index in [0.29, 0.717) is 4.48 Å². The number of nitrogens with one attached hydrogen (secondary N) is 1. The smallest absolute Gasteiger partial charge is 0.251 e. The van der Waals surface area contributed by atoms with Crippen LogP contribution in [0.5, 0.6) is 0 Å². The van der Waals surface area contributed by atoms with Crippen LogP contribution in [0.3, 0.4) is 0 Å². The molecule has 0 fully saturated rings. The second-order valence-electron chi connectivity index (χ2n) is 5.58. The number of carbonyl (C=O) groups excluding carboxylic acids is 1. The van der Waals surface area contributed by atoms with Crippen LogP contribution in [0.25, 0.3) is 0 Å². The summed E-state index contributed by atoms with van der Waals surface area (Å²) in [5.74, 6) is 0.0191. The molecule has 4 N–H and O–H groups in total. The van der Waals surface area contributed by atoms with Crippen molar-refractivity contribution in [1.82, 2.24) is 5.32 Å². The summed E-state index contributed by atoms with van der Waals surface area (Å²) in [6, 6.07) is 0. The second kappa shape index (κ2) is 12.0. The maximum absolute atomic E-state index is 12.0. The number of quaternary nitrogens is 2. The molecule has 1 amide bonds. The van der Waals surface area contributed by atoms with Crippen molar-refractivity contribution >= 4 is 5.91 Å². The first kappa shape index (κ1) is 25.4. The second-order valence-corrected chi connectivity index (χ2v) is 5.58. The van der Waals surface area contributed by atoms with Gasteiger partial charge in [0.25, 0.3) is 5.91 Å². The highest BCUT2D eigenvalue weighted by Crippen LogP contribution is 2.10. The van der Waals surface area contributed by atoms with E-state index in [1.165, 1.54) is 0 Å². The fourth-order valence-electron chi connectivity index (χ4n) is 2.15. The molecule has 1 atom stereocenters. The molecule has 0 aliphatic heterocycles. The van der Waals surface area contributed by atoms with Crippen LogP contribution in [0.2, 0.25) is 0 Å². The SMILES string of the molecule is C/C=C(\C)C(=O)NC(CC)[N+](C)(C)C/C([NH3+])=C/CC.[Cl-].[Cl-]. The summed E-state index contributed by atoms with van der Waals surface area (Å²) in [6.45, 7) is 8.78. The number of likely N-dealkylation sites (N-methyl/N-ethyl adjacent to an activating group) is 1. The molecule has 0 rings (SSSR count). The molecule has 0 aromatic rings. The van der Waals surface area contributed by atoms with E-state index in [2.05, 4.69) is 45.1 Å². The molecule has 0 aliphatic rings. The van der Waals surface area contributed by atoms with Crippen LogP contribution in [0, 0.1) is 0 Å². The maximum Gasteiger partial charge on any atom is 0.251 e. The monoisotopic (exact) mass is 339 g/mol. The van der Waals surface area contributed by atoms with E-state index < -0.39 is 0 Å². The van der Waals surface area contributed by atoms with Crippen molar-refractivity contribution in [3.63, 3.8) is 0 Å². The molecular weight excluding hydrogens is 309 g/mol. The van der Waals surface area contributed by atoms with E-state index in [9.17, 15) is 4.79 Å². The lowest BCUT2D eigenvalue weighted by molar-refractivity contribution is -0.916. The average Bonchev–Trinajstić information content (AvgIpc) is 2.33. The van der Waals surface area contributed by atoms with Crippen LogP contribution >= 0.6 is 0 Å². The standard InChI is InChI=1S/C15H29N3O.2ClH/c1-7-10-13(16)11-18(5,6)14(9-3)17-15(19)12(4)8-2;;/h8,10,14H,7,9,11,16H2,1-6H3;2*1H/b12-8+,13-10-;;. The number of rotatable bonds is 7. The third kappa shape index (κ3) is 9.14. The Morgan fingerprint density at radius 1 is 1.29 bits per heavy atom. The topological polar surface area (TPSA) is 56.7 Å². The first-order chi connectivity index (χ1) is 8.78. The zero-order chi connectivity index (χ0) is 15.1. The van der Waals surface area contributed by atoms with Crippen molar-refractivity contribution in [3.05, 3.63) is 23.4 Å². The summed E-state index contributed by atoms with van der Waals surface area (Å²) in [4.78, 5) is 12.0. The largest absolute Gasteiger partial charge is 1.00 e. The first-order valence-electron chi connectivity index (χ1n) is 7.05. The van der Waals surface area contributed by atoms with Crippen molar-refractivity contribution in [2.75, 3.05) is 20.6 Å². The Hall–Kier alpha value is -0.550. The fourth-order valence-corrected chi connectivity index (χ4v) is 2.15. The van der Waals surface area contributed by atoms with Crippen LogP contribution in [0.4, 0.5) is 0 Å². The Balaban J connectivity index is -0.00000162. The number of allylic oxidation sites excluding steroid dienone is 2. The van der Waals surface area contributed by atoms with Gasteiger partial charge in [0.05, 0.1) is 14.1 Å². The summed E-state index contributed by atoms with van der Waals surface area (Å²) in [5, 5.41) is 3.12. The van der Waals surface area contributed by atoms with E-state index in [1.54, 1.807) is 0 Å². The van der Waals surface area contributed by atoms with Crippen LogP contribution in [-0.2, 0) is 4.79 Å². The van der Waals surface area contributed by atoms with Crippen molar-refractivity contribution in [3.8, 4) is 0 Å². The minimum Gasteiger partial charge on any atom is -1.00 e. The van der Waals surface area contributed by atoms with Crippen molar-refractivity contribution in [2.24, 2.45) is 0 Å². The lowest BCUT2D eigenvalue weighted by Crippen LogP contribution is -3.00. The molecule has 6 heteroatoms. The van der Waals surface area contributed by atoms with Crippen molar-refractivity contribution in [1.29, 1.82) is 0 Å². The minimum atomic E-state index is 0. The predicted molar refractivity (Wildman–Crippen MR) is 79.9 cm³/mol. The van der Waals surface area contributed by atoms with E-state index in [-0.39, 0.29) is 36.9 Å². The zero-order valence-corrected chi connectivity index (χ0v) is 15.7. The van der Waals surface area contributed by atoms with Gasteiger partial charge in [-0.1, -0.05) is 19.9 Å².